The summed E-state index contributed by atoms with van der Waals surface area (Å²) < 4.78 is 6.73. The minimum Gasteiger partial charge on any atom is -0.357 e. The van der Waals surface area contributed by atoms with Crippen LogP contribution in [0.4, 0.5) is 0 Å². The lowest BCUT2D eigenvalue weighted by molar-refractivity contribution is -0.948. The van der Waals surface area contributed by atoms with E-state index in [0.29, 0.717) is 11.6 Å². The van der Waals surface area contributed by atoms with Gasteiger partial charge < -0.3 is 14.3 Å². The summed E-state index contributed by atoms with van der Waals surface area (Å²) in [6.07, 6.45) is 0.0364. The standard InChI is InChI=1S/C15H23ClNO2/c1-4-17(5-2)10-12(3)19-15(18,11-17)13-6-8-14(16)9-7-13/h6-9,12,18H,4-5,10-11H2,1-3H3/q+1/t12-,15-/m1/s1. The van der Waals surface area contributed by atoms with Gasteiger partial charge in [0, 0.05) is 10.6 Å². The van der Waals surface area contributed by atoms with E-state index >= 15 is 0 Å². The highest BCUT2D eigenvalue weighted by molar-refractivity contribution is 6.30. The first-order valence-electron chi connectivity index (χ1n) is 6.94. The average molecular weight is 285 g/mol. The zero-order valence-corrected chi connectivity index (χ0v) is 12.7. The van der Waals surface area contributed by atoms with Crippen molar-refractivity contribution in [2.24, 2.45) is 0 Å². The van der Waals surface area contributed by atoms with Crippen LogP contribution in [0, 0.1) is 0 Å². The molecule has 1 aliphatic heterocycles. The number of ether oxygens (including phenoxy) is 1. The van der Waals surface area contributed by atoms with Crippen molar-refractivity contribution in [2.75, 3.05) is 26.2 Å². The molecular formula is C15H23ClNO2+. The highest BCUT2D eigenvalue weighted by Crippen LogP contribution is 2.34. The molecule has 0 amide bonds. The lowest BCUT2D eigenvalue weighted by Gasteiger charge is -2.49. The van der Waals surface area contributed by atoms with Gasteiger partial charge in [0.25, 0.3) is 0 Å². The second-order valence-electron chi connectivity index (χ2n) is 5.53. The number of hydrogen-bond acceptors (Lipinski definition) is 2. The first kappa shape index (κ1) is 14.8. The predicted octanol–water partition coefficient (Wildman–Crippen LogP) is 2.76. The Morgan fingerprint density at radius 3 is 2.42 bits per heavy atom. The topological polar surface area (TPSA) is 29.5 Å². The summed E-state index contributed by atoms with van der Waals surface area (Å²) in [4.78, 5) is 0. The van der Waals surface area contributed by atoms with Crippen LogP contribution in [0.1, 0.15) is 26.3 Å². The summed E-state index contributed by atoms with van der Waals surface area (Å²) in [5.74, 6) is -1.21. The van der Waals surface area contributed by atoms with Gasteiger partial charge in [-0.05, 0) is 32.9 Å². The molecule has 2 rings (SSSR count). The summed E-state index contributed by atoms with van der Waals surface area (Å²) in [6, 6.07) is 7.29. The molecule has 1 N–H and O–H groups in total. The molecule has 1 aromatic carbocycles. The van der Waals surface area contributed by atoms with Gasteiger partial charge in [-0.15, -0.1) is 0 Å². The van der Waals surface area contributed by atoms with Crippen LogP contribution < -0.4 is 0 Å². The molecule has 3 nitrogen and oxygen atoms in total. The van der Waals surface area contributed by atoms with Crippen LogP contribution in [0.15, 0.2) is 24.3 Å². The minimum absolute atomic E-state index is 0.0364. The normalized spacial score (nSPS) is 30.3. The van der Waals surface area contributed by atoms with E-state index < -0.39 is 5.79 Å². The molecule has 1 saturated heterocycles. The molecule has 1 heterocycles. The van der Waals surface area contributed by atoms with E-state index in [2.05, 4.69) is 13.8 Å². The van der Waals surface area contributed by atoms with Crippen molar-refractivity contribution in [1.82, 2.24) is 0 Å². The van der Waals surface area contributed by atoms with Crippen molar-refractivity contribution in [3.8, 4) is 0 Å². The fourth-order valence-corrected chi connectivity index (χ4v) is 3.17. The SMILES string of the molecule is CC[N+]1(CC)C[C@@H](C)O[C@@](O)(c2ccc(Cl)cc2)C1. The largest absolute Gasteiger partial charge is 0.357 e. The van der Waals surface area contributed by atoms with Crippen molar-refractivity contribution in [3.63, 3.8) is 0 Å². The third kappa shape index (κ3) is 2.95. The van der Waals surface area contributed by atoms with Crippen molar-refractivity contribution < 1.29 is 14.3 Å². The highest BCUT2D eigenvalue weighted by Gasteiger charge is 2.47. The van der Waals surface area contributed by atoms with E-state index in [-0.39, 0.29) is 6.10 Å². The van der Waals surface area contributed by atoms with E-state index in [4.69, 9.17) is 16.3 Å². The Hall–Kier alpha value is -0.610. The van der Waals surface area contributed by atoms with Crippen LogP contribution >= 0.6 is 11.6 Å². The van der Waals surface area contributed by atoms with Crippen molar-refractivity contribution in [3.05, 3.63) is 34.9 Å². The molecule has 1 fully saturated rings. The van der Waals surface area contributed by atoms with Gasteiger partial charge in [-0.1, -0.05) is 23.7 Å². The monoisotopic (exact) mass is 284 g/mol. The fraction of sp³-hybridized carbons (Fsp3) is 0.600. The zero-order chi connectivity index (χ0) is 14.1. The van der Waals surface area contributed by atoms with E-state index in [9.17, 15) is 5.11 Å². The number of benzene rings is 1. The maximum atomic E-state index is 10.9. The van der Waals surface area contributed by atoms with Crippen molar-refractivity contribution in [2.45, 2.75) is 32.7 Å². The Labute approximate surface area is 120 Å². The second-order valence-corrected chi connectivity index (χ2v) is 5.97. The Morgan fingerprint density at radius 1 is 1.32 bits per heavy atom. The summed E-state index contributed by atoms with van der Waals surface area (Å²) in [6.45, 7) is 9.90. The molecule has 0 aromatic heterocycles. The van der Waals surface area contributed by atoms with Crippen LogP contribution in [0.3, 0.4) is 0 Å². The molecule has 4 heteroatoms. The zero-order valence-electron chi connectivity index (χ0n) is 11.9. The number of halogens is 1. The first-order valence-corrected chi connectivity index (χ1v) is 7.32. The summed E-state index contributed by atoms with van der Waals surface area (Å²) in [7, 11) is 0. The second kappa shape index (κ2) is 5.41. The van der Waals surface area contributed by atoms with Gasteiger partial charge in [-0.25, -0.2) is 0 Å². The molecular weight excluding hydrogens is 262 g/mol. The minimum atomic E-state index is -1.21. The predicted molar refractivity (Wildman–Crippen MR) is 77.0 cm³/mol. The number of rotatable bonds is 3. The maximum Gasteiger partial charge on any atom is 0.244 e. The van der Waals surface area contributed by atoms with Gasteiger partial charge in [0.1, 0.15) is 19.2 Å². The Kier molecular flexibility index (Phi) is 4.21. The van der Waals surface area contributed by atoms with Crippen LogP contribution in [0.2, 0.25) is 5.02 Å². The number of quaternary nitrogens is 1. The third-order valence-electron chi connectivity index (χ3n) is 4.23. The third-order valence-corrected chi connectivity index (χ3v) is 4.48. The van der Waals surface area contributed by atoms with Gasteiger partial charge in [0.2, 0.25) is 5.79 Å². The average Bonchev–Trinajstić information content (AvgIpc) is 2.38. The van der Waals surface area contributed by atoms with Gasteiger partial charge in [0.15, 0.2) is 0 Å². The van der Waals surface area contributed by atoms with Crippen molar-refractivity contribution >= 4 is 11.6 Å². The maximum absolute atomic E-state index is 10.9. The molecule has 0 radical (unpaired) electrons. The number of morpholine rings is 1. The van der Waals surface area contributed by atoms with Crippen LogP contribution in [0.5, 0.6) is 0 Å². The molecule has 0 aliphatic carbocycles. The highest BCUT2D eigenvalue weighted by atomic mass is 35.5. The summed E-state index contributed by atoms with van der Waals surface area (Å²) in [5, 5.41) is 11.6. The Balaban J connectivity index is 2.33. The first-order chi connectivity index (χ1) is 8.93. The van der Waals surface area contributed by atoms with Crippen LogP contribution in [-0.2, 0) is 10.5 Å². The Bertz CT molecular complexity index is 430. The lowest BCUT2D eigenvalue weighted by atomic mass is 10.0. The quantitative estimate of drug-likeness (QED) is 0.865. The number of nitrogens with zero attached hydrogens (tertiary/aromatic N) is 1. The molecule has 19 heavy (non-hydrogen) atoms. The molecule has 106 valence electrons. The summed E-state index contributed by atoms with van der Waals surface area (Å²) in [5.41, 5.74) is 0.785. The van der Waals surface area contributed by atoms with E-state index in [1.165, 1.54) is 0 Å². The van der Waals surface area contributed by atoms with Gasteiger partial charge >= 0.3 is 0 Å². The number of aliphatic hydroxyl groups is 1. The number of hydrogen-bond donors (Lipinski definition) is 1. The van der Waals surface area contributed by atoms with Gasteiger partial charge in [-0.3, -0.25) is 0 Å². The number of likely N-dealkylation sites (N-methyl/N-ethyl adjacent to an activating group) is 1. The van der Waals surface area contributed by atoms with Crippen molar-refractivity contribution in [1.29, 1.82) is 0 Å². The summed E-state index contributed by atoms with van der Waals surface area (Å²) >= 11 is 5.91. The smallest absolute Gasteiger partial charge is 0.244 e. The van der Waals surface area contributed by atoms with Gasteiger partial charge in [-0.2, -0.15) is 0 Å². The molecule has 1 aliphatic rings. The van der Waals surface area contributed by atoms with Crippen LogP contribution in [-0.4, -0.2) is 41.9 Å². The van der Waals surface area contributed by atoms with E-state index in [0.717, 1.165) is 29.7 Å². The molecule has 1 aromatic rings. The molecule has 0 saturated carbocycles. The van der Waals surface area contributed by atoms with Gasteiger partial charge in [0.05, 0.1) is 13.1 Å². The fourth-order valence-electron chi connectivity index (χ4n) is 3.05. The van der Waals surface area contributed by atoms with E-state index in [1.54, 1.807) is 12.1 Å². The molecule has 0 unspecified atom stereocenters. The Morgan fingerprint density at radius 2 is 1.89 bits per heavy atom. The molecule has 2 atom stereocenters. The molecule has 0 spiro atoms. The lowest BCUT2D eigenvalue weighted by Crippen LogP contribution is -2.64. The van der Waals surface area contributed by atoms with Crippen LogP contribution in [0.25, 0.3) is 0 Å². The van der Waals surface area contributed by atoms with E-state index in [1.807, 2.05) is 19.1 Å². The molecule has 0 bridgehead atoms.